The van der Waals surface area contributed by atoms with Crippen molar-refractivity contribution >= 4 is 17.7 Å². The lowest BCUT2D eigenvalue weighted by atomic mass is 9.88. The predicted molar refractivity (Wildman–Crippen MR) is 115 cm³/mol. The van der Waals surface area contributed by atoms with E-state index < -0.39 is 0 Å². The number of carbonyl (C=O) groups excluding carboxylic acids is 1. The third-order valence-electron chi connectivity index (χ3n) is 5.42. The van der Waals surface area contributed by atoms with E-state index in [9.17, 15) is 4.79 Å². The van der Waals surface area contributed by atoms with Crippen LogP contribution in [0.15, 0.2) is 59.8 Å². The highest BCUT2D eigenvalue weighted by Crippen LogP contribution is 2.35. The molecule has 0 bridgehead atoms. The van der Waals surface area contributed by atoms with Gasteiger partial charge in [0.1, 0.15) is 5.82 Å². The van der Waals surface area contributed by atoms with Gasteiger partial charge in [-0.25, -0.2) is 4.79 Å². The summed E-state index contributed by atoms with van der Waals surface area (Å²) in [5.74, 6) is 1.82. The van der Waals surface area contributed by atoms with Crippen LogP contribution in [0.2, 0.25) is 0 Å². The lowest BCUT2D eigenvalue weighted by Gasteiger charge is -2.22. The van der Waals surface area contributed by atoms with Gasteiger partial charge in [0.05, 0.1) is 12.7 Å². The number of esters is 1. The minimum Gasteiger partial charge on any atom is -0.465 e. The summed E-state index contributed by atoms with van der Waals surface area (Å²) in [5.41, 5.74) is 2.62. The minimum absolute atomic E-state index is 0.311. The second-order valence-corrected chi connectivity index (χ2v) is 8.23. The van der Waals surface area contributed by atoms with Crippen molar-refractivity contribution in [3.8, 4) is 5.69 Å². The molecule has 5 nitrogen and oxygen atoms in total. The summed E-state index contributed by atoms with van der Waals surface area (Å²) in [4.78, 5) is 12.1. The number of thioether (sulfide) groups is 1. The number of rotatable bonds is 6. The summed E-state index contributed by atoms with van der Waals surface area (Å²) >= 11 is 1.60. The zero-order valence-corrected chi connectivity index (χ0v) is 17.4. The van der Waals surface area contributed by atoms with Crippen LogP contribution in [0.3, 0.4) is 0 Å². The Bertz CT molecular complexity index is 965. The molecule has 0 spiro atoms. The first-order chi connectivity index (χ1) is 14.3. The number of ether oxygens (including phenoxy) is 1. The van der Waals surface area contributed by atoms with E-state index >= 15 is 0 Å². The van der Waals surface area contributed by atoms with Crippen molar-refractivity contribution in [2.45, 2.75) is 48.9 Å². The van der Waals surface area contributed by atoms with Gasteiger partial charge in [0.25, 0.3) is 0 Å². The maximum absolute atomic E-state index is 12.1. The van der Waals surface area contributed by atoms with Crippen LogP contribution in [0.5, 0.6) is 0 Å². The quantitative estimate of drug-likeness (QED) is 0.405. The van der Waals surface area contributed by atoms with E-state index in [0.29, 0.717) is 17.2 Å². The maximum atomic E-state index is 12.1. The Morgan fingerprint density at radius 2 is 1.76 bits per heavy atom. The molecule has 1 heterocycles. The Morgan fingerprint density at radius 3 is 2.52 bits per heavy atom. The summed E-state index contributed by atoms with van der Waals surface area (Å²) in [5, 5.41) is 10.00. The van der Waals surface area contributed by atoms with Gasteiger partial charge in [-0.2, -0.15) is 0 Å². The fourth-order valence-corrected chi connectivity index (χ4v) is 4.88. The van der Waals surface area contributed by atoms with E-state index in [0.717, 1.165) is 22.2 Å². The molecular weight excluding hydrogens is 382 g/mol. The van der Waals surface area contributed by atoms with E-state index in [4.69, 9.17) is 4.74 Å². The number of benzene rings is 2. The van der Waals surface area contributed by atoms with Crippen LogP contribution in [-0.2, 0) is 10.5 Å². The number of nitrogens with zero attached hydrogens (tertiary/aromatic N) is 3. The highest BCUT2D eigenvalue weighted by molar-refractivity contribution is 7.98. The van der Waals surface area contributed by atoms with Crippen molar-refractivity contribution in [1.82, 2.24) is 14.8 Å². The highest BCUT2D eigenvalue weighted by atomic mass is 32.2. The average Bonchev–Trinajstić information content (AvgIpc) is 3.22. The predicted octanol–water partition coefficient (Wildman–Crippen LogP) is 5.39. The molecule has 0 amide bonds. The molecule has 3 aromatic rings. The molecule has 150 valence electrons. The van der Waals surface area contributed by atoms with Gasteiger partial charge in [-0.15, -0.1) is 10.2 Å². The van der Waals surface area contributed by atoms with Crippen LogP contribution < -0.4 is 0 Å². The molecule has 4 rings (SSSR count). The minimum atomic E-state index is -0.311. The number of aromatic nitrogens is 3. The summed E-state index contributed by atoms with van der Waals surface area (Å²) in [6.07, 6.45) is 6.14. The molecule has 0 saturated heterocycles. The SMILES string of the molecule is COC(=O)c1ccccc1CSc1nnc(C2CCCCC2)n1-c1ccccc1. The monoisotopic (exact) mass is 407 g/mol. The third-order valence-corrected chi connectivity index (χ3v) is 6.40. The van der Waals surface area contributed by atoms with Crippen molar-refractivity contribution in [3.05, 3.63) is 71.5 Å². The Morgan fingerprint density at radius 1 is 1.03 bits per heavy atom. The normalized spacial score (nSPS) is 14.7. The van der Waals surface area contributed by atoms with E-state index in [1.165, 1.54) is 39.2 Å². The fraction of sp³-hybridized carbons (Fsp3) is 0.348. The molecular formula is C23H25N3O2S. The third kappa shape index (κ3) is 4.37. The molecule has 1 aromatic heterocycles. The van der Waals surface area contributed by atoms with Crippen LogP contribution in [0.25, 0.3) is 5.69 Å². The standard InChI is InChI=1S/C23H25N3O2S/c1-28-22(27)20-15-9-8-12-18(20)16-29-23-25-24-21(17-10-4-2-5-11-17)26(23)19-13-6-3-7-14-19/h3,6-9,12-15,17H,2,4-5,10-11,16H2,1H3. The van der Waals surface area contributed by atoms with Crippen molar-refractivity contribution in [2.75, 3.05) is 7.11 Å². The van der Waals surface area contributed by atoms with Gasteiger partial charge in [0.15, 0.2) is 5.16 Å². The average molecular weight is 408 g/mol. The maximum Gasteiger partial charge on any atom is 0.338 e. The first kappa shape index (κ1) is 19.7. The van der Waals surface area contributed by atoms with Gasteiger partial charge < -0.3 is 4.74 Å². The van der Waals surface area contributed by atoms with Gasteiger partial charge in [-0.05, 0) is 36.6 Å². The Hall–Kier alpha value is -2.60. The molecule has 0 unspecified atom stereocenters. The molecule has 1 saturated carbocycles. The molecule has 0 N–H and O–H groups in total. The number of hydrogen-bond donors (Lipinski definition) is 0. The van der Waals surface area contributed by atoms with Gasteiger partial charge in [-0.1, -0.05) is 67.4 Å². The highest BCUT2D eigenvalue weighted by Gasteiger charge is 2.24. The molecule has 2 aromatic carbocycles. The number of carbonyl (C=O) groups is 1. The van der Waals surface area contributed by atoms with Crippen LogP contribution in [0.4, 0.5) is 0 Å². The summed E-state index contributed by atoms with van der Waals surface area (Å²) in [6.45, 7) is 0. The summed E-state index contributed by atoms with van der Waals surface area (Å²) in [7, 11) is 1.41. The van der Waals surface area contributed by atoms with Gasteiger partial charge >= 0.3 is 5.97 Å². The van der Waals surface area contributed by atoms with Gasteiger partial charge in [0, 0.05) is 17.4 Å². The zero-order valence-electron chi connectivity index (χ0n) is 16.6. The molecule has 6 heteroatoms. The number of methoxy groups -OCH3 is 1. The molecule has 1 aliphatic rings. The first-order valence-electron chi connectivity index (χ1n) is 10.1. The smallest absolute Gasteiger partial charge is 0.338 e. The topological polar surface area (TPSA) is 57.0 Å². The lowest BCUT2D eigenvalue weighted by Crippen LogP contribution is -2.12. The Kier molecular flexibility index (Phi) is 6.30. The Labute approximate surface area is 175 Å². The zero-order chi connectivity index (χ0) is 20.1. The molecule has 0 radical (unpaired) electrons. The van der Waals surface area contributed by atoms with E-state index in [2.05, 4.69) is 26.9 Å². The number of hydrogen-bond acceptors (Lipinski definition) is 5. The lowest BCUT2D eigenvalue weighted by molar-refractivity contribution is 0.0600. The second kappa shape index (κ2) is 9.27. The molecule has 29 heavy (non-hydrogen) atoms. The number of para-hydroxylation sites is 1. The van der Waals surface area contributed by atoms with Gasteiger partial charge in [-0.3, -0.25) is 4.57 Å². The molecule has 0 aliphatic heterocycles. The first-order valence-corrected chi connectivity index (χ1v) is 11.1. The molecule has 0 atom stereocenters. The van der Waals surface area contributed by atoms with Crippen molar-refractivity contribution in [2.24, 2.45) is 0 Å². The van der Waals surface area contributed by atoms with Crippen LogP contribution in [0, 0.1) is 0 Å². The van der Waals surface area contributed by atoms with E-state index in [1.807, 2.05) is 36.4 Å². The molecule has 1 aliphatic carbocycles. The largest absolute Gasteiger partial charge is 0.465 e. The van der Waals surface area contributed by atoms with E-state index in [1.54, 1.807) is 17.8 Å². The molecule has 1 fully saturated rings. The van der Waals surface area contributed by atoms with Crippen molar-refractivity contribution < 1.29 is 9.53 Å². The van der Waals surface area contributed by atoms with E-state index in [-0.39, 0.29) is 5.97 Å². The Balaban J connectivity index is 1.64. The summed E-state index contributed by atoms with van der Waals surface area (Å²) < 4.78 is 7.12. The van der Waals surface area contributed by atoms with Crippen LogP contribution in [-0.4, -0.2) is 27.8 Å². The van der Waals surface area contributed by atoms with Crippen LogP contribution in [0.1, 0.15) is 59.8 Å². The van der Waals surface area contributed by atoms with Crippen LogP contribution >= 0.6 is 11.8 Å². The summed E-state index contributed by atoms with van der Waals surface area (Å²) in [6, 6.07) is 17.9. The second-order valence-electron chi connectivity index (χ2n) is 7.28. The van der Waals surface area contributed by atoms with Crippen molar-refractivity contribution in [3.63, 3.8) is 0 Å². The van der Waals surface area contributed by atoms with Gasteiger partial charge in [0.2, 0.25) is 0 Å². The fourth-order valence-electron chi connectivity index (χ4n) is 3.92. The van der Waals surface area contributed by atoms with Crippen molar-refractivity contribution in [1.29, 1.82) is 0 Å².